The highest BCUT2D eigenvalue weighted by atomic mass is 16.5. The van der Waals surface area contributed by atoms with Crippen molar-refractivity contribution in [1.82, 2.24) is 14.9 Å². The molecule has 162 valence electrons. The number of aromatic amines is 1. The molecule has 0 atom stereocenters. The number of nitrogens with one attached hydrogen (secondary N) is 2. The number of hydrogen-bond donors (Lipinski definition) is 2. The Balaban J connectivity index is 1.39. The van der Waals surface area contributed by atoms with Crippen molar-refractivity contribution in [3.05, 3.63) is 95.0 Å². The molecule has 0 aliphatic carbocycles. The molecule has 7 nitrogen and oxygen atoms in total. The van der Waals surface area contributed by atoms with Gasteiger partial charge in [0.1, 0.15) is 17.3 Å². The van der Waals surface area contributed by atoms with Crippen LogP contribution in [-0.4, -0.2) is 33.9 Å². The summed E-state index contributed by atoms with van der Waals surface area (Å²) >= 11 is 0. The van der Waals surface area contributed by atoms with E-state index >= 15 is 0 Å². The molecular formula is C25H24N4O3. The van der Waals surface area contributed by atoms with E-state index in [1.807, 2.05) is 78.6 Å². The maximum Gasteiger partial charge on any atom is 0.258 e. The quantitative estimate of drug-likeness (QED) is 0.440. The lowest BCUT2D eigenvalue weighted by atomic mass is 10.2. The molecule has 0 unspecified atom stereocenters. The van der Waals surface area contributed by atoms with Gasteiger partial charge in [0.05, 0.1) is 24.0 Å². The van der Waals surface area contributed by atoms with Gasteiger partial charge in [0.25, 0.3) is 5.56 Å². The molecule has 1 amide bonds. The number of benzene rings is 3. The summed E-state index contributed by atoms with van der Waals surface area (Å²) in [6, 6.07) is 23.9. The topological polar surface area (TPSA) is 87.3 Å². The highest BCUT2D eigenvalue weighted by Crippen LogP contribution is 2.23. The molecule has 0 saturated heterocycles. The van der Waals surface area contributed by atoms with Gasteiger partial charge in [-0.2, -0.15) is 0 Å². The molecule has 0 saturated carbocycles. The first-order valence-corrected chi connectivity index (χ1v) is 10.4. The van der Waals surface area contributed by atoms with Gasteiger partial charge in [-0.15, -0.1) is 0 Å². The van der Waals surface area contributed by atoms with E-state index in [-0.39, 0.29) is 18.0 Å². The Hall–Kier alpha value is -3.97. The fourth-order valence-corrected chi connectivity index (χ4v) is 3.37. The fraction of sp³-hybridized carbons (Fsp3) is 0.160. The molecule has 0 spiro atoms. The Morgan fingerprint density at radius 3 is 2.56 bits per heavy atom. The summed E-state index contributed by atoms with van der Waals surface area (Å²) in [4.78, 5) is 34.2. The smallest absolute Gasteiger partial charge is 0.258 e. The van der Waals surface area contributed by atoms with E-state index < -0.39 is 0 Å². The number of carbonyl (C=O) groups excluding carboxylic acids is 1. The Morgan fingerprint density at radius 2 is 1.75 bits per heavy atom. The lowest BCUT2D eigenvalue weighted by Crippen LogP contribution is -2.33. The Morgan fingerprint density at radius 1 is 1.00 bits per heavy atom. The van der Waals surface area contributed by atoms with Gasteiger partial charge in [0.2, 0.25) is 5.91 Å². The lowest BCUT2D eigenvalue weighted by Gasteiger charge is -2.19. The van der Waals surface area contributed by atoms with E-state index in [2.05, 4.69) is 15.3 Å². The van der Waals surface area contributed by atoms with E-state index in [4.69, 9.17) is 4.74 Å². The van der Waals surface area contributed by atoms with Gasteiger partial charge in [0, 0.05) is 11.8 Å². The number of hydrogen-bond acceptors (Lipinski definition) is 5. The third-order valence-corrected chi connectivity index (χ3v) is 4.95. The van der Waals surface area contributed by atoms with Crippen LogP contribution in [0.1, 0.15) is 12.7 Å². The molecule has 32 heavy (non-hydrogen) atoms. The molecule has 0 radical (unpaired) electrons. The zero-order valence-corrected chi connectivity index (χ0v) is 17.7. The third-order valence-electron chi connectivity index (χ3n) is 4.95. The molecular weight excluding hydrogens is 404 g/mol. The Bertz CT molecular complexity index is 1270. The monoisotopic (exact) mass is 428 g/mol. The van der Waals surface area contributed by atoms with Crippen LogP contribution in [0.4, 0.5) is 5.69 Å². The number of amides is 1. The highest BCUT2D eigenvalue weighted by Gasteiger charge is 2.13. The second-order valence-electron chi connectivity index (χ2n) is 7.32. The van der Waals surface area contributed by atoms with Crippen LogP contribution in [-0.2, 0) is 11.3 Å². The number of ether oxygens (including phenoxy) is 1. The molecule has 1 heterocycles. The van der Waals surface area contributed by atoms with Crippen molar-refractivity contribution in [2.24, 2.45) is 0 Å². The second kappa shape index (κ2) is 9.89. The van der Waals surface area contributed by atoms with Gasteiger partial charge in [-0.1, -0.05) is 43.3 Å². The molecule has 0 aliphatic heterocycles. The van der Waals surface area contributed by atoms with Gasteiger partial charge in [-0.25, -0.2) is 4.98 Å². The van der Waals surface area contributed by atoms with Crippen molar-refractivity contribution in [3.8, 4) is 11.5 Å². The number of fused-ring (bicyclic) bond motifs is 1. The van der Waals surface area contributed by atoms with Gasteiger partial charge in [-0.05, 0) is 42.9 Å². The lowest BCUT2D eigenvalue weighted by molar-refractivity contribution is -0.117. The van der Waals surface area contributed by atoms with Crippen molar-refractivity contribution in [2.75, 3.05) is 18.4 Å². The van der Waals surface area contributed by atoms with Crippen LogP contribution in [0.5, 0.6) is 11.5 Å². The molecule has 3 aromatic carbocycles. The van der Waals surface area contributed by atoms with Crippen LogP contribution in [0.2, 0.25) is 0 Å². The van der Waals surface area contributed by atoms with Gasteiger partial charge in [0.15, 0.2) is 0 Å². The summed E-state index contributed by atoms with van der Waals surface area (Å²) in [6.07, 6.45) is 0. The van der Waals surface area contributed by atoms with Crippen LogP contribution in [0, 0.1) is 0 Å². The Labute approximate surface area is 185 Å². The summed E-state index contributed by atoms with van der Waals surface area (Å²) in [6.45, 7) is 3.11. The van der Waals surface area contributed by atoms with Crippen LogP contribution >= 0.6 is 0 Å². The zero-order valence-electron chi connectivity index (χ0n) is 17.7. The predicted molar refractivity (Wildman–Crippen MR) is 125 cm³/mol. The van der Waals surface area contributed by atoms with Crippen molar-refractivity contribution in [1.29, 1.82) is 0 Å². The maximum absolute atomic E-state index is 12.6. The largest absolute Gasteiger partial charge is 0.457 e. The molecule has 1 aromatic heterocycles. The first-order valence-electron chi connectivity index (χ1n) is 10.4. The average Bonchev–Trinajstić information content (AvgIpc) is 2.79. The minimum Gasteiger partial charge on any atom is -0.457 e. The van der Waals surface area contributed by atoms with Crippen LogP contribution in [0.25, 0.3) is 10.9 Å². The van der Waals surface area contributed by atoms with Crippen molar-refractivity contribution < 1.29 is 9.53 Å². The SMILES string of the molecule is CCN(CC(=O)Nc1cccc(Oc2ccccc2)c1)Cc1nc2ccccc2c(=O)[nH]1. The second-order valence-corrected chi connectivity index (χ2v) is 7.32. The summed E-state index contributed by atoms with van der Waals surface area (Å²) in [5, 5.41) is 3.46. The maximum atomic E-state index is 12.6. The number of rotatable bonds is 8. The summed E-state index contributed by atoms with van der Waals surface area (Å²) in [5.74, 6) is 1.73. The number of nitrogens with zero attached hydrogens (tertiary/aromatic N) is 2. The zero-order chi connectivity index (χ0) is 22.3. The first kappa shape index (κ1) is 21.3. The normalized spacial score (nSPS) is 10.9. The molecule has 7 heteroatoms. The van der Waals surface area contributed by atoms with Crippen LogP contribution in [0.3, 0.4) is 0 Å². The molecule has 4 rings (SSSR count). The molecule has 2 N–H and O–H groups in total. The van der Waals surface area contributed by atoms with Gasteiger partial charge in [-0.3, -0.25) is 14.5 Å². The standard InChI is InChI=1S/C25H24N4O3/c1-2-29(16-23-27-22-14-7-6-13-21(22)25(31)28-23)17-24(30)26-18-9-8-12-20(15-18)32-19-10-4-3-5-11-19/h3-15H,2,16-17H2,1H3,(H,26,30)(H,27,28,31). The van der Waals surface area contributed by atoms with E-state index in [0.717, 1.165) is 5.75 Å². The number of para-hydroxylation sites is 2. The first-order chi connectivity index (χ1) is 15.6. The Kier molecular flexibility index (Phi) is 6.57. The summed E-state index contributed by atoms with van der Waals surface area (Å²) in [5.41, 5.74) is 1.11. The third kappa shape index (κ3) is 5.39. The van der Waals surface area contributed by atoms with E-state index in [9.17, 15) is 9.59 Å². The number of carbonyl (C=O) groups is 1. The molecule has 0 aliphatic rings. The minimum atomic E-state index is -0.179. The van der Waals surface area contributed by atoms with Crippen molar-refractivity contribution in [2.45, 2.75) is 13.5 Å². The summed E-state index contributed by atoms with van der Waals surface area (Å²) in [7, 11) is 0. The summed E-state index contributed by atoms with van der Waals surface area (Å²) < 4.78 is 5.82. The minimum absolute atomic E-state index is 0.160. The molecule has 4 aromatic rings. The van der Waals surface area contributed by atoms with E-state index in [0.29, 0.717) is 41.3 Å². The molecule has 0 fully saturated rings. The average molecular weight is 428 g/mol. The van der Waals surface area contributed by atoms with Crippen LogP contribution in [0.15, 0.2) is 83.7 Å². The van der Waals surface area contributed by atoms with Gasteiger partial charge >= 0.3 is 0 Å². The van der Waals surface area contributed by atoms with Crippen molar-refractivity contribution in [3.63, 3.8) is 0 Å². The number of likely N-dealkylation sites (N-methyl/N-ethyl adjacent to an activating group) is 1. The van der Waals surface area contributed by atoms with E-state index in [1.165, 1.54) is 0 Å². The number of H-pyrrole nitrogens is 1. The predicted octanol–water partition coefficient (Wildman–Crippen LogP) is 4.18. The number of aromatic nitrogens is 2. The fourth-order valence-electron chi connectivity index (χ4n) is 3.37. The molecule has 0 bridgehead atoms. The number of anilines is 1. The van der Waals surface area contributed by atoms with Crippen LogP contribution < -0.4 is 15.6 Å². The van der Waals surface area contributed by atoms with E-state index in [1.54, 1.807) is 12.1 Å². The van der Waals surface area contributed by atoms with Gasteiger partial charge < -0.3 is 15.0 Å². The highest BCUT2D eigenvalue weighted by molar-refractivity contribution is 5.92. The van der Waals surface area contributed by atoms with Crippen molar-refractivity contribution >= 4 is 22.5 Å².